The zero-order chi connectivity index (χ0) is 12.3. The zero-order valence-corrected chi connectivity index (χ0v) is 10.2. The molecule has 1 aliphatic heterocycles. The fourth-order valence-corrected chi connectivity index (χ4v) is 2.30. The second-order valence-electron chi connectivity index (χ2n) is 3.64. The molecule has 0 bridgehead atoms. The highest BCUT2D eigenvalue weighted by Crippen LogP contribution is 2.17. The van der Waals surface area contributed by atoms with E-state index in [1.807, 2.05) is 0 Å². The number of aromatic nitrogens is 3. The number of carbonyl (C=O) groups is 2. The third kappa shape index (κ3) is 3.19. The second-order valence-corrected chi connectivity index (χ2v) is 4.69. The fourth-order valence-electron chi connectivity index (χ4n) is 1.45. The molecule has 0 atom stereocenters. The minimum Gasteiger partial charge on any atom is -0.332 e. The highest BCUT2D eigenvalue weighted by atomic mass is 32.2. The van der Waals surface area contributed by atoms with Crippen molar-refractivity contribution in [3.05, 3.63) is 5.82 Å². The molecule has 0 unspecified atom stereocenters. The van der Waals surface area contributed by atoms with Crippen LogP contribution < -0.4 is 5.32 Å². The average Bonchev–Trinajstić information content (AvgIpc) is 2.85. The van der Waals surface area contributed by atoms with Gasteiger partial charge < -0.3 is 4.90 Å². The molecule has 2 N–H and O–H groups in total. The van der Waals surface area contributed by atoms with E-state index in [9.17, 15) is 9.59 Å². The highest BCUT2D eigenvalue weighted by Gasteiger charge is 2.21. The van der Waals surface area contributed by atoms with E-state index in [0.717, 1.165) is 12.3 Å². The van der Waals surface area contributed by atoms with Crippen molar-refractivity contribution in [2.24, 2.45) is 0 Å². The Morgan fingerprint density at radius 3 is 3.06 bits per heavy atom. The van der Waals surface area contributed by atoms with Crippen molar-refractivity contribution in [3.8, 4) is 0 Å². The summed E-state index contributed by atoms with van der Waals surface area (Å²) in [5.41, 5.74) is 0. The van der Waals surface area contributed by atoms with E-state index in [-0.39, 0.29) is 23.5 Å². The van der Waals surface area contributed by atoms with Crippen LogP contribution in [0.25, 0.3) is 0 Å². The predicted octanol–water partition coefficient (Wildman–Crippen LogP) is 0.611. The molecule has 1 aliphatic rings. The van der Waals surface area contributed by atoms with E-state index in [2.05, 4.69) is 20.5 Å². The standard InChI is InChI=1S/C9H13N5O2S/c1-6-10-8(13-12-6)11-7(15)2-3-14-4-5-17-9(14)16/h2-5H2,1H3,(H2,10,11,12,13,15). The first-order valence-corrected chi connectivity index (χ1v) is 6.24. The topological polar surface area (TPSA) is 91.0 Å². The Hall–Kier alpha value is -1.57. The van der Waals surface area contributed by atoms with E-state index in [4.69, 9.17) is 0 Å². The van der Waals surface area contributed by atoms with Crippen molar-refractivity contribution in [1.82, 2.24) is 20.1 Å². The maximum atomic E-state index is 11.5. The minimum atomic E-state index is -0.186. The number of hydrogen-bond acceptors (Lipinski definition) is 5. The normalized spacial score (nSPS) is 15.4. The molecule has 2 rings (SSSR count). The molecule has 0 aromatic carbocycles. The SMILES string of the molecule is Cc1nc(NC(=O)CCN2CCSC2=O)n[nH]1. The first-order chi connectivity index (χ1) is 8.15. The van der Waals surface area contributed by atoms with E-state index < -0.39 is 0 Å². The summed E-state index contributed by atoms with van der Waals surface area (Å²) in [5.74, 6) is 1.54. The quantitative estimate of drug-likeness (QED) is 0.822. The van der Waals surface area contributed by atoms with Crippen LogP contribution in [0.3, 0.4) is 0 Å². The molecule has 92 valence electrons. The van der Waals surface area contributed by atoms with Gasteiger partial charge in [0.2, 0.25) is 11.9 Å². The number of nitrogens with one attached hydrogen (secondary N) is 2. The van der Waals surface area contributed by atoms with Crippen molar-refractivity contribution in [1.29, 1.82) is 0 Å². The van der Waals surface area contributed by atoms with E-state index in [1.54, 1.807) is 11.8 Å². The van der Waals surface area contributed by atoms with Crippen LogP contribution in [0.2, 0.25) is 0 Å². The molecule has 8 heteroatoms. The molecule has 7 nitrogen and oxygen atoms in total. The van der Waals surface area contributed by atoms with Crippen LogP contribution in [-0.4, -0.2) is 50.1 Å². The Balaban J connectivity index is 1.76. The van der Waals surface area contributed by atoms with Crippen LogP contribution >= 0.6 is 11.8 Å². The molecule has 0 aliphatic carbocycles. The van der Waals surface area contributed by atoms with Gasteiger partial charge in [-0.3, -0.25) is 20.0 Å². The lowest BCUT2D eigenvalue weighted by Gasteiger charge is -2.13. The number of rotatable bonds is 4. The molecule has 17 heavy (non-hydrogen) atoms. The van der Waals surface area contributed by atoms with Gasteiger partial charge in [-0.05, 0) is 6.92 Å². The largest absolute Gasteiger partial charge is 0.332 e. The lowest BCUT2D eigenvalue weighted by molar-refractivity contribution is -0.116. The van der Waals surface area contributed by atoms with Gasteiger partial charge in [0.15, 0.2) is 0 Å². The molecular weight excluding hydrogens is 242 g/mol. The van der Waals surface area contributed by atoms with Gasteiger partial charge >= 0.3 is 0 Å². The number of hydrogen-bond donors (Lipinski definition) is 2. The number of amides is 2. The molecule has 0 radical (unpaired) electrons. The molecule has 2 amide bonds. The Morgan fingerprint density at radius 2 is 2.47 bits per heavy atom. The predicted molar refractivity (Wildman–Crippen MR) is 63.8 cm³/mol. The first kappa shape index (κ1) is 11.9. The van der Waals surface area contributed by atoms with E-state index >= 15 is 0 Å². The summed E-state index contributed by atoms with van der Waals surface area (Å²) < 4.78 is 0. The summed E-state index contributed by atoms with van der Waals surface area (Å²) in [7, 11) is 0. The summed E-state index contributed by atoms with van der Waals surface area (Å²) >= 11 is 1.29. The molecule has 0 spiro atoms. The number of carbonyl (C=O) groups excluding carboxylic acids is 2. The van der Waals surface area contributed by atoms with Crippen LogP contribution in [0.15, 0.2) is 0 Å². The van der Waals surface area contributed by atoms with Crippen molar-refractivity contribution >= 4 is 28.9 Å². The molecular formula is C9H13N5O2S. The van der Waals surface area contributed by atoms with E-state index in [1.165, 1.54) is 11.8 Å². The maximum Gasteiger partial charge on any atom is 0.281 e. The van der Waals surface area contributed by atoms with Gasteiger partial charge in [-0.25, -0.2) is 0 Å². The van der Waals surface area contributed by atoms with Crippen molar-refractivity contribution in [2.75, 3.05) is 24.2 Å². The Kier molecular flexibility index (Phi) is 3.62. The highest BCUT2D eigenvalue weighted by molar-refractivity contribution is 8.13. The lowest BCUT2D eigenvalue weighted by Crippen LogP contribution is -2.27. The Morgan fingerprint density at radius 1 is 1.65 bits per heavy atom. The monoisotopic (exact) mass is 255 g/mol. The van der Waals surface area contributed by atoms with Gasteiger partial charge in [-0.1, -0.05) is 11.8 Å². The molecule has 2 heterocycles. The van der Waals surface area contributed by atoms with Gasteiger partial charge in [0.1, 0.15) is 5.82 Å². The summed E-state index contributed by atoms with van der Waals surface area (Å²) in [5, 5.41) is 9.04. The van der Waals surface area contributed by atoms with Crippen LogP contribution in [0.4, 0.5) is 10.7 Å². The summed E-state index contributed by atoms with van der Waals surface area (Å²) in [6, 6.07) is 0. The van der Waals surface area contributed by atoms with Crippen LogP contribution in [0.1, 0.15) is 12.2 Å². The van der Waals surface area contributed by atoms with Crippen molar-refractivity contribution in [3.63, 3.8) is 0 Å². The third-order valence-electron chi connectivity index (χ3n) is 2.30. The minimum absolute atomic E-state index is 0.0477. The van der Waals surface area contributed by atoms with Crippen molar-refractivity contribution in [2.45, 2.75) is 13.3 Å². The number of aryl methyl sites for hydroxylation is 1. The fraction of sp³-hybridized carbons (Fsp3) is 0.556. The summed E-state index contributed by atoms with van der Waals surface area (Å²) in [4.78, 5) is 28.4. The number of aromatic amines is 1. The van der Waals surface area contributed by atoms with Crippen molar-refractivity contribution < 1.29 is 9.59 Å². The Bertz CT molecular complexity index is 433. The van der Waals surface area contributed by atoms with E-state index in [0.29, 0.717) is 12.4 Å². The summed E-state index contributed by atoms with van der Waals surface area (Å²) in [6.07, 6.45) is 0.264. The third-order valence-corrected chi connectivity index (χ3v) is 3.19. The number of nitrogens with zero attached hydrogens (tertiary/aromatic N) is 3. The van der Waals surface area contributed by atoms with Gasteiger partial charge in [-0.15, -0.1) is 5.10 Å². The summed E-state index contributed by atoms with van der Waals surface area (Å²) in [6.45, 7) is 2.92. The molecule has 1 aromatic heterocycles. The smallest absolute Gasteiger partial charge is 0.281 e. The lowest BCUT2D eigenvalue weighted by atomic mass is 10.3. The number of thioether (sulfide) groups is 1. The number of H-pyrrole nitrogens is 1. The van der Waals surface area contributed by atoms with Gasteiger partial charge in [0.25, 0.3) is 5.24 Å². The van der Waals surface area contributed by atoms with Crippen LogP contribution in [0.5, 0.6) is 0 Å². The van der Waals surface area contributed by atoms with Gasteiger partial charge in [-0.2, -0.15) is 4.98 Å². The number of anilines is 1. The van der Waals surface area contributed by atoms with Crippen LogP contribution in [0, 0.1) is 6.92 Å². The maximum absolute atomic E-state index is 11.5. The Labute approximate surface area is 102 Å². The van der Waals surface area contributed by atoms with Crippen LogP contribution in [-0.2, 0) is 4.79 Å². The molecule has 1 saturated heterocycles. The first-order valence-electron chi connectivity index (χ1n) is 5.26. The van der Waals surface area contributed by atoms with Gasteiger partial charge in [0, 0.05) is 25.3 Å². The van der Waals surface area contributed by atoms with Gasteiger partial charge in [0.05, 0.1) is 0 Å². The average molecular weight is 255 g/mol. The molecule has 1 aromatic rings. The molecule has 0 saturated carbocycles. The zero-order valence-electron chi connectivity index (χ0n) is 9.39. The second kappa shape index (κ2) is 5.17. The molecule has 1 fully saturated rings.